The molecule has 0 heterocycles. The molecule has 0 aromatic rings. The summed E-state index contributed by atoms with van der Waals surface area (Å²) < 4.78 is 0. The summed E-state index contributed by atoms with van der Waals surface area (Å²) in [5.74, 6) is -0.274. The van der Waals surface area contributed by atoms with E-state index in [0.29, 0.717) is 12.8 Å². The summed E-state index contributed by atoms with van der Waals surface area (Å²) in [7, 11) is 0. The van der Waals surface area contributed by atoms with Crippen molar-refractivity contribution < 1.29 is 20.1 Å². The molecule has 0 radical (unpaired) electrons. The van der Waals surface area contributed by atoms with Gasteiger partial charge in [0.1, 0.15) is 0 Å². The van der Waals surface area contributed by atoms with E-state index in [9.17, 15) is 20.1 Å². The van der Waals surface area contributed by atoms with Gasteiger partial charge < -0.3 is 20.6 Å². The molecule has 0 saturated heterocycles. The average molecular weight is 850 g/mol. The van der Waals surface area contributed by atoms with Crippen molar-refractivity contribution in [1.82, 2.24) is 5.32 Å². The predicted octanol–water partition coefficient (Wildman–Crippen LogP) is 16.9. The third kappa shape index (κ3) is 46.8. The van der Waals surface area contributed by atoms with E-state index in [-0.39, 0.29) is 18.9 Å². The molecule has 360 valence electrons. The lowest BCUT2D eigenvalue weighted by Gasteiger charge is -2.23. The molecule has 5 heteroatoms. The van der Waals surface area contributed by atoms with Crippen LogP contribution in [0.15, 0.2) is 0 Å². The molecule has 0 aliphatic heterocycles. The van der Waals surface area contributed by atoms with Gasteiger partial charge in [-0.3, -0.25) is 4.79 Å². The molecular weight excluding hydrogens is 739 g/mol. The molecule has 4 N–H and O–H groups in total. The molecule has 0 spiro atoms. The van der Waals surface area contributed by atoms with Crippen molar-refractivity contribution in [2.75, 3.05) is 6.61 Å². The van der Waals surface area contributed by atoms with Crippen LogP contribution in [0.25, 0.3) is 0 Å². The molecule has 3 atom stereocenters. The molecule has 0 aromatic heterocycles. The SMILES string of the molecule is CCCCCCCCCCCCCCCCCCCCCCCCCCCC(O)CC(=O)NC(CO)C(O)CCCCCCCCCCCCCCCCCCCCCC. The number of carbonyl (C=O) groups excluding carboxylic acids is 1. The van der Waals surface area contributed by atoms with E-state index in [4.69, 9.17) is 0 Å². The second kappa shape index (κ2) is 51.0. The zero-order valence-electron chi connectivity index (χ0n) is 41.1. The van der Waals surface area contributed by atoms with E-state index in [1.807, 2.05) is 0 Å². The molecule has 1 amide bonds. The van der Waals surface area contributed by atoms with Crippen molar-refractivity contribution >= 4 is 5.91 Å². The van der Waals surface area contributed by atoms with Crippen LogP contribution in [-0.2, 0) is 4.79 Å². The predicted molar refractivity (Wildman–Crippen MR) is 264 cm³/mol. The first-order valence-electron chi connectivity index (χ1n) is 27.8. The van der Waals surface area contributed by atoms with Gasteiger partial charge in [0.25, 0.3) is 0 Å². The zero-order valence-corrected chi connectivity index (χ0v) is 41.1. The van der Waals surface area contributed by atoms with Crippen LogP contribution in [0.1, 0.15) is 322 Å². The van der Waals surface area contributed by atoms with Crippen molar-refractivity contribution in [3.63, 3.8) is 0 Å². The summed E-state index contributed by atoms with van der Waals surface area (Å²) in [6, 6.07) is -0.654. The van der Waals surface area contributed by atoms with Gasteiger partial charge in [-0.1, -0.05) is 303 Å². The second-order valence-electron chi connectivity index (χ2n) is 19.6. The van der Waals surface area contributed by atoms with Gasteiger partial charge in [0.15, 0.2) is 0 Å². The molecule has 0 aliphatic rings. The minimum atomic E-state index is -0.745. The van der Waals surface area contributed by atoms with Crippen LogP contribution >= 0.6 is 0 Å². The van der Waals surface area contributed by atoms with Crippen LogP contribution in [0.4, 0.5) is 0 Å². The van der Waals surface area contributed by atoms with Crippen molar-refractivity contribution in [2.45, 2.75) is 340 Å². The van der Waals surface area contributed by atoms with Crippen LogP contribution in [0.2, 0.25) is 0 Å². The maximum Gasteiger partial charge on any atom is 0.222 e. The number of hydrogen-bond acceptors (Lipinski definition) is 4. The summed E-state index contributed by atoms with van der Waals surface area (Å²) in [6.07, 6.45) is 61.1. The number of aliphatic hydroxyl groups is 3. The summed E-state index contributed by atoms with van der Waals surface area (Å²) in [4.78, 5) is 12.5. The van der Waals surface area contributed by atoms with Gasteiger partial charge in [-0.05, 0) is 12.8 Å². The standard InChI is InChI=1S/C55H111NO4/c1-3-5-7-9-11-13-15-17-19-21-23-25-26-27-28-29-30-32-34-36-38-40-42-44-46-48-52(58)50-55(60)56-53(51-57)54(59)49-47-45-43-41-39-37-35-33-31-24-22-20-18-16-14-12-10-8-6-4-2/h52-54,57-59H,3-51H2,1-2H3,(H,56,60). The summed E-state index contributed by atoms with van der Waals surface area (Å²) in [6.45, 7) is 4.31. The van der Waals surface area contributed by atoms with Crippen LogP contribution in [0, 0.1) is 0 Å². The van der Waals surface area contributed by atoms with E-state index in [2.05, 4.69) is 19.2 Å². The Kier molecular flexibility index (Phi) is 50.4. The number of unbranched alkanes of at least 4 members (excludes halogenated alkanes) is 43. The lowest BCUT2D eigenvalue weighted by molar-refractivity contribution is -0.125. The molecule has 60 heavy (non-hydrogen) atoms. The van der Waals surface area contributed by atoms with Crippen molar-refractivity contribution in [1.29, 1.82) is 0 Å². The minimum Gasteiger partial charge on any atom is -0.394 e. The Morgan fingerprint density at radius 3 is 0.800 bits per heavy atom. The quantitative estimate of drug-likeness (QED) is 0.0459. The Morgan fingerprint density at radius 2 is 0.567 bits per heavy atom. The Hall–Kier alpha value is -0.650. The molecule has 3 unspecified atom stereocenters. The van der Waals surface area contributed by atoms with Crippen molar-refractivity contribution in [3.8, 4) is 0 Å². The highest BCUT2D eigenvalue weighted by molar-refractivity contribution is 5.76. The van der Waals surface area contributed by atoms with Gasteiger partial charge >= 0.3 is 0 Å². The Morgan fingerprint density at radius 1 is 0.350 bits per heavy atom. The fraction of sp³-hybridized carbons (Fsp3) is 0.982. The smallest absolute Gasteiger partial charge is 0.222 e. The third-order valence-corrected chi connectivity index (χ3v) is 13.4. The first-order valence-corrected chi connectivity index (χ1v) is 27.8. The highest BCUT2D eigenvalue weighted by Crippen LogP contribution is 2.18. The molecule has 0 aliphatic carbocycles. The molecule has 0 bridgehead atoms. The van der Waals surface area contributed by atoms with Gasteiger partial charge in [-0.15, -0.1) is 0 Å². The van der Waals surface area contributed by atoms with Gasteiger partial charge in [0.05, 0.1) is 31.3 Å². The fourth-order valence-corrected chi connectivity index (χ4v) is 9.17. The van der Waals surface area contributed by atoms with Gasteiger partial charge in [-0.2, -0.15) is 0 Å². The van der Waals surface area contributed by atoms with E-state index in [1.54, 1.807) is 0 Å². The fourth-order valence-electron chi connectivity index (χ4n) is 9.17. The largest absolute Gasteiger partial charge is 0.394 e. The monoisotopic (exact) mass is 850 g/mol. The third-order valence-electron chi connectivity index (χ3n) is 13.4. The van der Waals surface area contributed by atoms with Crippen molar-refractivity contribution in [2.24, 2.45) is 0 Å². The van der Waals surface area contributed by atoms with Gasteiger partial charge in [0.2, 0.25) is 5.91 Å². The van der Waals surface area contributed by atoms with Crippen LogP contribution in [0.3, 0.4) is 0 Å². The number of aliphatic hydroxyl groups excluding tert-OH is 3. The van der Waals surface area contributed by atoms with Crippen LogP contribution < -0.4 is 5.32 Å². The van der Waals surface area contributed by atoms with E-state index < -0.39 is 18.2 Å². The number of rotatable bonds is 52. The Labute approximate surface area is 377 Å². The van der Waals surface area contributed by atoms with Gasteiger partial charge in [0, 0.05) is 0 Å². The molecule has 0 saturated carbocycles. The topological polar surface area (TPSA) is 89.8 Å². The molecule has 0 aromatic carbocycles. The van der Waals surface area contributed by atoms with E-state index in [0.717, 1.165) is 25.7 Å². The normalized spacial score (nSPS) is 13.2. The second-order valence-corrected chi connectivity index (χ2v) is 19.6. The van der Waals surface area contributed by atoms with E-state index >= 15 is 0 Å². The Balaban J connectivity index is 3.49. The molecular formula is C55H111NO4. The summed E-state index contributed by atoms with van der Waals surface area (Å²) in [5, 5.41) is 33.6. The number of hydrogen-bond donors (Lipinski definition) is 4. The van der Waals surface area contributed by atoms with Crippen LogP contribution in [0.5, 0.6) is 0 Å². The van der Waals surface area contributed by atoms with Crippen LogP contribution in [-0.4, -0.2) is 46.1 Å². The molecule has 0 rings (SSSR count). The average Bonchev–Trinajstić information content (AvgIpc) is 3.24. The van der Waals surface area contributed by atoms with Crippen molar-refractivity contribution in [3.05, 3.63) is 0 Å². The lowest BCUT2D eigenvalue weighted by Crippen LogP contribution is -2.46. The number of nitrogens with one attached hydrogen (secondary N) is 1. The maximum absolute atomic E-state index is 12.5. The molecule has 0 fully saturated rings. The highest BCUT2D eigenvalue weighted by atomic mass is 16.3. The summed E-state index contributed by atoms with van der Waals surface area (Å²) in [5.41, 5.74) is 0. The maximum atomic E-state index is 12.5. The number of carbonyl (C=O) groups is 1. The summed E-state index contributed by atoms with van der Waals surface area (Å²) >= 11 is 0. The highest BCUT2D eigenvalue weighted by Gasteiger charge is 2.21. The Bertz CT molecular complexity index is 807. The lowest BCUT2D eigenvalue weighted by atomic mass is 10.0. The first-order chi connectivity index (χ1) is 29.5. The zero-order chi connectivity index (χ0) is 43.7. The van der Waals surface area contributed by atoms with Gasteiger partial charge in [-0.25, -0.2) is 0 Å². The number of amides is 1. The molecule has 5 nitrogen and oxygen atoms in total. The van der Waals surface area contributed by atoms with E-state index in [1.165, 1.54) is 263 Å². The minimum absolute atomic E-state index is 0.0436. The first kappa shape index (κ1) is 59.4.